The summed E-state index contributed by atoms with van der Waals surface area (Å²) in [5, 5.41) is 0. The van der Waals surface area contributed by atoms with E-state index in [4.69, 9.17) is 47.4 Å². The van der Waals surface area contributed by atoms with Gasteiger partial charge in [0.25, 0.3) is 0 Å². The molecular formula is C64H104O18. The molecule has 1 aromatic carbocycles. The second-order valence-electron chi connectivity index (χ2n) is 20.8. The van der Waals surface area contributed by atoms with Gasteiger partial charge in [0, 0.05) is 18.4 Å². The number of ether oxygens (including phenoxy) is 10. The summed E-state index contributed by atoms with van der Waals surface area (Å²) in [6.07, 6.45) is 25.7. The van der Waals surface area contributed by atoms with Crippen molar-refractivity contribution in [3.8, 4) is 11.5 Å². The van der Waals surface area contributed by atoms with Gasteiger partial charge in [-0.1, -0.05) is 78.2 Å². The summed E-state index contributed by atoms with van der Waals surface area (Å²) in [6, 6.07) is 5.12. The van der Waals surface area contributed by atoms with Crippen LogP contribution in [0.4, 0.5) is 0 Å². The molecule has 0 radical (unpaired) electrons. The Kier molecular flexibility index (Phi) is 48.3. The molecule has 82 heavy (non-hydrogen) atoms. The van der Waals surface area contributed by atoms with E-state index in [-0.39, 0.29) is 81.4 Å². The molecule has 0 fully saturated rings. The van der Waals surface area contributed by atoms with Crippen molar-refractivity contribution in [2.24, 2.45) is 0 Å². The Balaban J connectivity index is 2.32. The van der Waals surface area contributed by atoms with Gasteiger partial charge in [0.15, 0.2) is 0 Å². The number of hydrogen-bond donors (Lipinski definition) is 0. The highest BCUT2D eigenvalue weighted by Gasteiger charge is 2.17. The van der Waals surface area contributed by atoms with Crippen molar-refractivity contribution in [2.45, 2.75) is 245 Å². The molecule has 1 aromatic rings. The normalized spacial score (nSPS) is 10.8. The van der Waals surface area contributed by atoms with Gasteiger partial charge in [-0.3, -0.25) is 28.8 Å². The molecular weight excluding hydrogens is 1060 g/mol. The third kappa shape index (κ3) is 45.9. The zero-order valence-corrected chi connectivity index (χ0v) is 50.6. The largest absolute Gasteiger partial charge is 0.494 e. The number of hydrogen-bond acceptors (Lipinski definition) is 18. The summed E-state index contributed by atoms with van der Waals surface area (Å²) < 4.78 is 54.4. The monoisotopic (exact) mass is 1160 g/mol. The van der Waals surface area contributed by atoms with E-state index in [0.29, 0.717) is 128 Å². The lowest BCUT2D eigenvalue weighted by Crippen LogP contribution is -2.11. The van der Waals surface area contributed by atoms with Crippen LogP contribution in [0.2, 0.25) is 0 Å². The molecule has 0 N–H and O–H groups in total. The number of esters is 8. The maximum absolute atomic E-state index is 13.4. The van der Waals surface area contributed by atoms with Crippen LogP contribution in [0.25, 0.3) is 0 Å². The highest BCUT2D eigenvalue weighted by Crippen LogP contribution is 2.26. The second kappa shape index (κ2) is 53.3. The Morgan fingerprint density at radius 2 is 0.622 bits per heavy atom. The maximum atomic E-state index is 13.4. The Morgan fingerprint density at radius 3 is 1.00 bits per heavy atom. The van der Waals surface area contributed by atoms with Crippen LogP contribution in [-0.2, 0) is 71.5 Å². The van der Waals surface area contributed by atoms with Gasteiger partial charge < -0.3 is 47.4 Å². The lowest BCUT2D eigenvalue weighted by atomic mass is 10.1. The van der Waals surface area contributed by atoms with Crippen LogP contribution in [0, 0.1) is 0 Å². The molecule has 0 aliphatic heterocycles. The summed E-state index contributed by atoms with van der Waals surface area (Å²) >= 11 is 0. The fourth-order valence-electron chi connectivity index (χ4n) is 8.10. The Labute approximate surface area is 490 Å². The lowest BCUT2D eigenvalue weighted by Gasteiger charge is -2.14. The molecule has 0 amide bonds. The first kappa shape index (κ1) is 74.3. The molecule has 18 heteroatoms. The van der Waals surface area contributed by atoms with E-state index < -0.39 is 23.9 Å². The third-order valence-electron chi connectivity index (χ3n) is 13.1. The summed E-state index contributed by atoms with van der Waals surface area (Å²) in [6.45, 7) is 12.7. The van der Waals surface area contributed by atoms with Crippen molar-refractivity contribution < 1.29 is 85.7 Å². The van der Waals surface area contributed by atoms with Crippen LogP contribution < -0.4 is 9.47 Å². The summed E-state index contributed by atoms with van der Waals surface area (Å²) in [7, 11) is 0. The average molecular weight is 1160 g/mol. The van der Waals surface area contributed by atoms with E-state index in [1.807, 2.05) is 0 Å². The molecule has 0 saturated carbocycles. The number of carbonyl (C=O) groups is 8. The van der Waals surface area contributed by atoms with Crippen molar-refractivity contribution in [2.75, 3.05) is 66.1 Å². The molecule has 0 heterocycles. The molecule has 468 valence electrons. The minimum Gasteiger partial charge on any atom is -0.494 e. The van der Waals surface area contributed by atoms with Crippen LogP contribution >= 0.6 is 0 Å². The first-order valence-corrected chi connectivity index (χ1v) is 31.2. The minimum atomic E-state index is -0.517. The van der Waals surface area contributed by atoms with Crippen molar-refractivity contribution in [3.63, 3.8) is 0 Å². The standard InChI is InChI=1S/C64H104O18/c1-5-7-9-11-12-13-27-47-78-60(68)39-41-62(70)80-49-33-21-23-35-58(66)76-46-29-17-15-26-43-74-56-37-36-54(52-55(56)64(72)82-51-31-19-18-30-50-81-63(71)53(3)4)73-42-25-14-16-28-45-75-57(65)34-22-20-32-48-79-61(69)40-38-59(67)77-44-24-10-8-6-2/h36-37,52H,3,5-35,38-51H2,1-2,4H3. The van der Waals surface area contributed by atoms with Crippen LogP contribution in [0.3, 0.4) is 0 Å². The molecule has 0 aromatic heterocycles. The summed E-state index contributed by atoms with van der Waals surface area (Å²) in [5.41, 5.74) is 0.628. The molecule has 0 spiro atoms. The van der Waals surface area contributed by atoms with E-state index in [9.17, 15) is 38.4 Å². The van der Waals surface area contributed by atoms with Gasteiger partial charge >= 0.3 is 47.8 Å². The van der Waals surface area contributed by atoms with Gasteiger partial charge in [0.1, 0.15) is 17.1 Å². The van der Waals surface area contributed by atoms with Crippen molar-refractivity contribution in [1.29, 1.82) is 0 Å². The molecule has 0 unspecified atom stereocenters. The van der Waals surface area contributed by atoms with E-state index in [1.54, 1.807) is 25.1 Å². The second-order valence-corrected chi connectivity index (χ2v) is 20.8. The number of benzene rings is 1. The Hall–Kier alpha value is -5.68. The Bertz CT molecular complexity index is 1900. The quantitative estimate of drug-likeness (QED) is 0.0255. The van der Waals surface area contributed by atoms with E-state index >= 15 is 0 Å². The minimum absolute atomic E-state index is 0.00552. The van der Waals surface area contributed by atoms with Gasteiger partial charge in [-0.05, 0) is 154 Å². The topological polar surface area (TPSA) is 229 Å². The highest BCUT2D eigenvalue weighted by atomic mass is 16.6. The van der Waals surface area contributed by atoms with Gasteiger partial charge in [0.05, 0.1) is 91.8 Å². The summed E-state index contributed by atoms with van der Waals surface area (Å²) in [4.78, 5) is 97.0. The van der Waals surface area contributed by atoms with Gasteiger partial charge in [-0.15, -0.1) is 0 Å². The zero-order chi connectivity index (χ0) is 59.9. The van der Waals surface area contributed by atoms with Crippen molar-refractivity contribution in [3.05, 3.63) is 35.9 Å². The third-order valence-corrected chi connectivity index (χ3v) is 13.1. The van der Waals surface area contributed by atoms with Crippen LogP contribution in [0.1, 0.15) is 256 Å². The fraction of sp³-hybridized carbons (Fsp3) is 0.750. The summed E-state index contributed by atoms with van der Waals surface area (Å²) in [5.74, 6) is -2.16. The maximum Gasteiger partial charge on any atom is 0.342 e. The number of carbonyl (C=O) groups excluding carboxylic acids is 8. The SMILES string of the molecule is C=C(C)C(=O)OCCCCCCOC(=O)c1cc(OCCCCCCOC(=O)CCCCCOC(=O)CCC(=O)OCCCCCC)ccc1OCCCCCCOC(=O)CCCCCOC(=O)CCC(=O)OCCCCCCCCC. The highest BCUT2D eigenvalue weighted by molar-refractivity contribution is 5.93. The van der Waals surface area contributed by atoms with Crippen LogP contribution in [-0.4, -0.2) is 114 Å². The number of rotatable bonds is 56. The van der Waals surface area contributed by atoms with E-state index in [1.165, 1.54) is 25.7 Å². The van der Waals surface area contributed by atoms with Crippen molar-refractivity contribution in [1.82, 2.24) is 0 Å². The first-order chi connectivity index (χ1) is 39.9. The van der Waals surface area contributed by atoms with Gasteiger partial charge in [-0.2, -0.15) is 0 Å². The Morgan fingerprint density at radius 1 is 0.329 bits per heavy atom. The van der Waals surface area contributed by atoms with E-state index in [2.05, 4.69) is 20.4 Å². The van der Waals surface area contributed by atoms with Gasteiger partial charge in [-0.25, -0.2) is 9.59 Å². The first-order valence-electron chi connectivity index (χ1n) is 31.2. The molecule has 18 nitrogen and oxygen atoms in total. The predicted octanol–water partition coefficient (Wildman–Crippen LogP) is 13.7. The van der Waals surface area contributed by atoms with E-state index in [0.717, 1.165) is 103 Å². The van der Waals surface area contributed by atoms with Crippen LogP contribution in [0.5, 0.6) is 11.5 Å². The lowest BCUT2D eigenvalue weighted by molar-refractivity contribution is -0.150. The molecule has 0 atom stereocenters. The average Bonchev–Trinajstić information content (AvgIpc) is 3.46. The fourth-order valence-corrected chi connectivity index (χ4v) is 8.10. The number of unbranched alkanes of at least 4 members (excludes halogenated alkanes) is 22. The molecule has 0 bridgehead atoms. The van der Waals surface area contributed by atoms with Gasteiger partial charge in [0.2, 0.25) is 0 Å². The zero-order valence-electron chi connectivity index (χ0n) is 50.6. The molecule has 0 aliphatic rings. The van der Waals surface area contributed by atoms with Crippen molar-refractivity contribution >= 4 is 47.8 Å². The molecule has 0 aliphatic carbocycles. The predicted molar refractivity (Wildman–Crippen MR) is 312 cm³/mol. The molecule has 1 rings (SSSR count). The molecule has 0 saturated heterocycles. The smallest absolute Gasteiger partial charge is 0.342 e. The van der Waals surface area contributed by atoms with Crippen LogP contribution in [0.15, 0.2) is 30.4 Å².